The van der Waals surface area contributed by atoms with E-state index in [9.17, 15) is 13.6 Å². The number of ether oxygens (including phenoxy) is 1. The molecule has 0 saturated heterocycles. The highest BCUT2D eigenvalue weighted by Gasteiger charge is 2.21. The van der Waals surface area contributed by atoms with Crippen LogP contribution in [-0.4, -0.2) is 31.6 Å². The Labute approximate surface area is 176 Å². The van der Waals surface area contributed by atoms with E-state index in [1.54, 1.807) is 38.1 Å². The molecule has 2 heterocycles. The third kappa shape index (κ3) is 4.50. The van der Waals surface area contributed by atoms with Crippen molar-refractivity contribution in [3.63, 3.8) is 0 Å². The molecule has 4 aromatic rings. The molecular formula is C22H19F2N5O2. The number of amides is 1. The zero-order chi connectivity index (χ0) is 22.0. The van der Waals surface area contributed by atoms with Gasteiger partial charge in [0.2, 0.25) is 0 Å². The van der Waals surface area contributed by atoms with Gasteiger partial charge in [-0.25, -0.2) is 23.3 Å². The first-order chi connectivity index (χ1) is 14.9. The number of carbonyl (C=O) groups is 1. The molecule has 0 radical (unpaired) electrons. The fraction of sp³-hybridized carbons (Fsp3) is 0.182. The molecule has 4 rings (SSSR count). The molecule has 0 aliphatic heterocycles. The Morgan fingerprint density at radius 3 is 2.58 bits per heavy atom. The highest BCUT2D eigenvalue weighted by atomic mass is 19.1. The molecule has 0 spiro atoms. The van der Waals surface area contributed by atoms with Crippen LogP contribution in [0.1, 0.15) is 25.7 Å². The van der Waals surface area contributed by atoms with E-state index in [4.69, 9.17) is 4.74 Å². The summed E-state index contributed by atoms with van der Waals surface area (Å²) in [6, 6.07) is 12.9. The largest absolute Gasteiger partial charge is 0.481 e. The molecule has 0 unspecified atom stereocenters. The number of nitrogens with one attached hydrogen (secondary N) is 1. The van der Waals surface area contributed by atoms with Gasteiger partial charge in [0.1, 0.15) is 23.7 Å². The highest BCUT2D eigenvalue weighted by Crippen LogP contribution is 2.21. The van der Waals surface area contributed by atoms with Gasteiger partial charge in [0, 0.05) is 11.6 Å². The Morgan fingerprint density at radius 2 is 1.84 bits per heavy atom. The summed E-state index contributed by atoms with van der Waals surface area (Å²) in [4.78, 5) is 21.1. The maximum atomic E-state index is 14.0. The van der Waals surface area contributed by atoms with Gasteiger partial charge >= 0.3 is 0 Å². The van der Waals surface area contributed by atoms with Gasteiger partial charge in [-0.3, -0.25) is 4.79 Å². The number of hydrogen-bond donors (Lipinski definition) is 1. The fourth-order valence-corrected chi connectivity index (χ4v) is 2.98. The molecule has 2 atom stereocenters. The number of carbonyl (C=O) groups excluding carboxylic acids is 1. The summed E-state index contributed by atoms with van der Waals surface area (Å²) in [5, 5.41) is 7.12. The summed E-state index contributed by atoms with van der Waals surface area (Å²) in [6.45, 7) is 3.33. The van der Waals surface area contributed by atoms with E-state index in [1.165, 1.54) is 41.2 Å². The van der Waals surface area contributed by atoms with Crippen LogP contribution >= 0.6 is 0 Å². The van der Waals surface area contributed by atoms with Gasteiger partial charge in [-0.05, 0) is 50.2 Å². The van der Waals surface area contributed by atoms with E-state index in [0.717, 1.165) is 0 Å². The first-order valence-corrected chi connectivity index (χ1v) is 9.60. The quantitative estimate of drug-likeness (QED) is 0.511. The van der Waals surface area contributed by atoms with Crippen molar-refractivity contribution in [2.24, 2.45) is 0 Å². The van der Waals surface area contributed by atoms with E-state index < -0.39 is 12.1 Å². The lowest BCUT2D eigenvalue weighted by atomic mass is 10.1. The lowest BCUT2D eigenvalue weighted by molar-refractivity contribution is -0.128. The maximum absolute atomic E-state index is 14.0. The van der Waals surface area contributed by atoms with Gasteiger partial charge in [0.05, 0.1) is 11.7 Å². The summed E-state index contributed by atoms with van der Waals surface area (Å²) in [5.41, 5.74) is 1.27. The normalized spacial score (nSPS) is 13.0. The summed E-state index contributed by atoms with van der Waals surface area (Å²) >= 11 is 0. The molecule has 9 heteroatoms. The first-order valence-electron chi connectivity index (χ1n) is 9.60. The third-order valence-corrected chi connectivity index (χ3v) is 4.64. The summed E-state index contributed by atoms with van der Waals surface area (Å²) in [6.07, 6.45) is 0.641. The van der Waals surface area contributed by atoms with Gasteiger partial charge in [-0.2, -0.15) is 0 Å². The van der Waals surface area contributed by atoms with Crippen LogP contribution in [0.15, 0.2) is 60.9 Å². The highest BCUT2D eigenvalue weighted by molar-refractivity contribution is 5.81. The fourth-order valence-electron chi connectivity index (χ4n) is 2.98. The molecule has 0 bridgehead atoms. The summed E-state index contributed by atoms with van der Waals surface area (Å²) in [5.74, 6) is -0.386. The average Bonchev–Trinajstić information content (AvgIpc) is 3.19. The second-order valence-corrected chi connectivity index (χ2v) is 6.97. The molecule has 158 valence electrons. The van der Waals surface area contributed by atoms with Crippen LogP contribution in [-0.2, 0) is 4.79 Å². The predicted molar refractivity (Wildman–Crippen MR) is 109 cm³/mol. The van der Waals surface area contributed by atoms with Gasteiger partial charge in [-0.15, -0.1) is 5.10 Å². The molecule has 2 aromatic carbocycles. The monoisotopic (exact) mass is 423 g/mol. The van der Waals surface area contributed by atoms with Gasteiger partial charge in [0.25, 0.3) is 5.91 Å². The van der Waals surface area contributed by atoms with Crippen LogP contribution in [0.25, 0.3) is 16.9 Å². The molecule has 0 aliphatic carbocycles. The van der Waals surface area contributed by atoms with Crippen molar-refractivity contribution in [1.29, 1.82) is 0 Å². The van der Waals surface area contributed by atoms with Crippen molar-refractivity contribution in [1.82, 2.24) is 24.9 Å². The van der Waals surface area contributed by atoms with E-state index in [1.807, 2.05) is 0 Å². The summed E-state index contributed by atoms with van der Waals surface area (Å²) < 4.78 is 34.0. The molecule has 1 N–H and O–H groups in total. The lowest BCUT2D eigenvalue weighted by Gasteiger charge is -2.17. The Hall–Kier alpha value is -3.88. The molecule has 7 nitrogen and oxygen atoms in total. The minimum absolute atomic E-state index is 0.364. The van der Waals surface area contributed by atoms with E-state index in [0.29, 0.717) is 28.5 Å². The van der Waals surface area contributed by atoms with E-state index in [-0.39, 0.29) is 17.5 Å². The van der Waals surface area contributed by atoms with Crippen molar-refractivity contribution in [3.8, 4) is 17.0 Å². The number of aromatic nitrogens is 4. The smallest absolute Gasteiger partial charge is 0.261 e. The van der Waals surface area contributed by atoms with Gasteiger partial charge in [0.15, 0.2) is 17.6 Å². The van der Waals surface area contributed by atoms with Gasteiger partial charge < -0.3 is 10.1 Å². The Kier molecular flexibility index (Phi) is 5.57. The van der Waals surface area contributed by atoms with Crippen LogP contribution < -0.4 is 10.1 Å². The van der Waals surface area contributed by atoms with E-state index in [2.05, 4.69) is 20.4 Å². The molecule has 0 saturated carbocycles. The van der Waals surface area contributed by atoms with Crippen molar-refractivity contribution < 1.29 is 18.3 Å². The first kappa shape index (κ1) is 20.4. The second kappa shape index (κ2) is 8.47. The zero-order valence-electron chi connectivity index (χ0n) is 16.8. The van der Waals surface area contributed by atoms with Crippen molar-refractivity contribution in [2.75, 3.05) is 0 Å². The number of halogens is 2. The van der Waals surface area contributed by atoms with Crippen molar-refractivity contribution in [2.45, 2.75) is 26.0 Å². The minimum Gasteiger partial charge on any atom is -0.481 e. The third-order valence-electron chi connectivity index (χ3n) is 4.64. The topological polar surface area (TPSA) is 81.4 Å². The molecule has 1 amide bonds. The van der Waals surface area contributed by atoms with Crippen LogP contribution in [0, 0.1) is 11.6 Å². The SMILES string of the molecule is C[C@H](NC(=O)[C@@H](C)Oc1ccc(F)cc1)c1nc2cc(-c3ccccc3F)ncn2n1. The van der Waals surface area contributed by atoms with Crippen LogP contribution in [0.3, 0.4) is 0 Å². The summed E-state index contributed by atoms with van der Waals surface area (Å²) in [7, 11) is 0. The Bertz CT molecular complexity index is 1230. The van der Waals surface area contributed by atoms with Crippen LogP contribution in [0.2, 0.25) is 0 Å². The molecule has 2 aromatic heterocycles. The lowest BCUT2D eigenvalue weighted by Crippen LogP contribution is -2.38. The number of hydrogen-bond acceptors (Lipinski definition) is 5. The van der Waals surface area contributed by atoms with Crippen LogP contribution in [0.4, 0.5) is 8.78 Å². The Balaban J connectivity index is 1.47. The molecule has 0 fully saturated rings. The second-order valence-electron chi connectivity index (χ2n) is 6.97. The minimum atomic E-state index is -0.806. The van der Waals surface area contributed by atoms with Crippen molar-refractivity contribution in [3.05, 3.63) is 78.4 Å². The standard InChI is InChI=1S/C22H19F2N5O2/c1-13(26-22(30)14(2)31-16-9-7-15(23)8-10-16)21-27-20-11-19(25-12-29(20)28-21)17-5-3-4-6-18(17)24/h3-14H,1-2H3,(H,26,30)/t13-,14+/m0/s1. The molecular weight excluding hydrogens is 404 g/mol. The zero-order valence-corrected chi connectivity index (χ0v) is 16.8. The Morgan fingerprint density at radius 1 is 1.10 bits per heavy atom. The number of benzene rings is 2. The van der Waals surface area contributed by atoms with Crippen LogP contribution in [0.5, 0.6) is 5.75 Å². The molecule has 31 heavy (non-hydrogen) atoms. The molecule has 0 aliphatic rings. The van der Waals surface area contributed by atoms with Gasteiger partial charge in [-0.1, -0.05) is 12.1 Å². The predicted octanol–water partition coefficient (Wildman–Crippen LogP) is 3.71. The van der Waals surface area contributed by atoms with Crippen molar-refractivity contribution >= 4 is 11.6 Å². The van der Waals surface area contributed by atoms with E-state index >= 15 is 0 Å². The number of nitrogens with zero attached hydrogens (tertiary/aromatic N) is 4. The number of fused-ring (bicyclic) bond motifs is 1. The average molecular weight is 423 g/mol. The number of rotatable bonds is 6. The maximum Gasteiger partial charge on any atom is 0.261 e.